The molecule has 0 saturated heterocycles. The maximum atomic E-state index is 3.48. The summed E-state index contributed by atoms with van der Waals surface area (Å²) >= 11 is 2.07. The van der Waals surface area contributed by atoms with E-state index in [1.807, 2.05) is 0 Å². The molecule has 0 fully saturated rings. The van der Waals surface area contributed by atoms with Crippen LogP contribution in [0.1, 0.15) is 57.8 Å². The summed E-state index contributed by atoms with van der Waals surface area (Å²) in [6.07, 6.45) is 13.1. The fourth-order valence-electron chi connectivity index (χ4n) is 1.99. The number of hydrogen-bond acceptors (Lipinski definition) is 0. The van der Waals surface area contributed by atoms with Gasteiger partial charge in [-0.3, -0.25) is 0 Å². The van der Waals surface area contributed by atoms with Crippen molar-refractivity contribution in [2.75, 3.05) is 5.33 Å². The van der Waals surface area contributed by atoms with E-state index in [4.69, 9.17) is 0 Å². The van der Waals surface area contributed by atoms with Crippen LogP contribution in [0.3, 0.4) is 0 Å². The first-order valence-electron chi connectivity index (χ1n) is 7.12. The Morgan fingerprint density at radius 3 is 1.38 bits per heavy atom. The van der Waals surface area contributed by atoms with Crippen LogP contribution in [0.2, 0.25) is 19.3 Å². The van der Waals surface area contributed by atoms with Gasteiger partial charge in [-0.05, 0) is 0 Å². The van der Waals surface area contributed by atoms with Crippen LogP contribution in [0.5, 0.6) is 0 Å². The second-order valence-electron chi connectivity index (χ2n) is 6.18. The number of rotatable bonds is 11. The quantitative estimate of drug-likeness (QED) is 0.220. The molecule has 0 bridgehead atoms. The van der Waals surface area contributed by atoms with Gasteiger partial charge >= 0.3 is 117 Å². The van der Waals surface area contributed by atoms with Crippen molar-refractivity contribution >= 4 is 34.3 Å². The predicted molar refractivity (Wildman–Crippen MR) is 83.5 cm³/mol. The van der Waals surface area contributed by atoms with Crippen LogP contribution in [0.25, 0.3) is 0 Å². The Morgan fingerprint density at radius 1 is 0.625 bits per heavy atom. The summed E-state index contributed by atoms with van der Waals surface area (Å²) in [4.78, 5) is 7.66. The van der Waals surface area contributed by atoms with Crippen LogP contribution in [0.15, 0.2) is 0 Å². The molecule has 0 rings (SSSR count). The number of alkyl halides is 1. The van der Waals surface area contributed by atoms with Gasteiger partial charge in [-0.1, -0.05) is 0 Å². The molecular formula is C14H31BrSn. The third-order valence-corrected chi connectivity index (χ3v) is 8.91. The third kappa shape index (κ3) is 15.3. The fraction of sp³-hybridized carbons (Fsp3) is 1.00. The van der Waals surface area contributed by atoms with Gasteiger partial charge in [0.2, 0.25) is 0 Å². The van der Waals surface area contributed by atoms with Crippen molar-refractivity contribution in [2.24, 2.45) is 0 Å². The Kier molecular flexibility index (Phi) is 12.3. The van der Waals surface area contributed by atoms with Crippen molar-refractivity contribution in [2.45, 2.75) is 77.0 Å². The maximum absolute atomic E-state index is 3.48. The topological polar surface area (TPSA) is 0 Å². The van der Waals surface area contributed by atoms with Crippen molar-refractivity contribution in [3.05, 3.63) is 0 Å². The molecule has 0 aromatic heterocycles. The normalized spacial score (nSPS) is 12.0. The minimum absolute atomic E-state index is 1.19. The summed E-state index contributed by atoms with van der Waals surface area (Å²) in [6.45, 7) is 0. The van der Waals surface area contributed by atoms with Crippen LogP contribution < -0.4 is 0 Å². The van der Waals surface area contributed by atoms with E-state index < -0.39 is 18.4 Å². The average molecular weight is 398 g/mol. The van der Waals surface area contributed by atoms with E-state index in [0.29, 0.717) is 0 Å². The first kappa shape index (κ1) is 17.3. The molecular weight excluding hydrogens is 367 g/mol. The predicted octanol–water partition coefficient (Wildman–Crippen LogP) is 6.23. The van der Waals surface area contributed by atoms with Gasteiger partial charge in [0.05, 0.1) is 0 Å². The van der Waals surface area contributed by atoms with Crippen molar-refractivity contribution in [1.29, 1.82) is 0 Å². The zero-order valence-corrected chi connectivity index (χ0v) is 16.1. The summed E-state index contributed by atoms with van der Waals surface area (Å²) in [5.41, 5.74) is 0. The number of hydrogen-bond donors (Lipinski definition) is 0. The number of halogens is 1. The van der Waals surface area contributed by atoms with E-state index in [-0.39, 0.29) is 0 Å². The summed E-state index contributed by atoms with van der Waals surface area (Å²) in [5, 5.41) is 1.19. The minimum atomic E-state index is -1.41. The Balaban J connectivity index is 2.99. The van der Waals surface area contributed by atoms with E-state index in [2.05, 4.69) is 30.7 Å². The molecule has 0 radical (unpaired) electrons. The van der Waals surface area contributed by atoms with Crippen molar-refractivity contribution in [1.82, 2.24) is 0 Å². The molecule has 0 amide bonds. The zero-order valence-electron chi connectivity index (χ0n) is 11.7. The van der Waals surface area contributed by atoms with E-state index in [1.54, 1.807) is 4.44 Å². The molecule has 98 valence electrons. The average Bonchev–Trinajstić information content (AvgIpc) is 2.19. The summed E-state index contributed by atoms with van der Waals surface area (Å²) in [7, 11) is 0. The molecule has 0 atom stereocenters. The molecule has 0 nitrogen and oxygen atoms in total. The van der Waals surface area contributed by atoms with Gasteiger partial charge in [-0.25, -0.2) is 0 Å². The van der Waals surface area contributed by atoms with Gasteiger partial charge in [-0.2, -0.15) is 0 Å². The Hall–Kier alpha value is 1.28. The van der Waals surface area contributed by atoms with Crippen molar-refractivity contribution in [3.63, 3.8) is 0 Å². The zero-order chi connectivity index (χ0) is 12.3. The van der Waals surface area contributed by atoms with Gasteiger partial charge in [0.1, 0.15) is 0 Å². The second-order valence-corrected chi connectivity index (χ2v) is 23.0. The van der Waals surface area contributed by atoms with Gasteiger partial charge in [0.25, 0.3) is 0 Å². The summed E-state index contributed by atoms with van der Waals surface area (Å²) in [6, 6.07) is 0. The summed E-state index contributed by atoms with van der Waals surface area (Å²) in [5.74, 6) is 0. The van der Waals surface area contributed by atoms with Crippen LogP contribution in [0.4, 0.5) is 0 Å². The van der Waals surface area contributed by atoms with Crippen LogP contribution in [-0.2, 0) is 0 Å². The monoisotopic (exact) mass is 398 g/mol. The van der Waals surface area contributed by atoms with Crippen molar-refractivity contribution < 1.29 is 0 Å². The molecule has 0 aliphatic carbocycles. The fourth-order valence-corrected chi connectivity index (χ4v) is 6.12. The van der Waals surface area contributed by atoms with Crippen LogP contribution in [-0.4, -0.2) is 23.7 Å². The van der Waals surface area contributed by atoms with Crippen LogP contribution in [0, 0.1) is 0 Å². The first-order chi connectivity index (χ1) is 7.56. The summed E-state index contributed by atoms with van der Waals surface area (Å²) < 4.78 is 1.60. The SMILES string of the molecule is [CH3][Sn]([CH3])([CH3])[CH2]CCCCCCCCCCBr. The van der Waals surface area contributed by atoms with E-state index in [1.165, 1.54) is 63.1 Å². The number of unbranched alkanes of at least 4 members (excludes halogenated alkanes) is 8. The van der Waals surface area contributed by atoms with Crippen molar-refractivity contribution in [3.8, 4) is 0 Å². The molecule has 0 unspecified atom stereocenters. The molecule has 0 N–H and O–H groups in total. The Bertz CT molecular complexity index is 140. The van der Waals surface area contributed by atoms with Gasteiger partial charge in [0, 0.05) is 0 Å². The third-order valence-electron chi connectivity index (χ3n) is 3.06. The molecule has 0 aromatic carbocycles. The molecule has 0 heterocycles. The van der Waals surface area contributed by atoms with Crippen LogP contribution >= 0.6 is 15.9 Å². The molecule has 16 heavy (non-hydrogen) atoms. The van der Waals surface area contributed by atoms with Gasteiger partial charge < -0.3 is 0 Å². The molecule has 0 spiro atoms. The standard InChI is InChI=1S/C11H22Br.3CH3.Sn/c1-2-3-4-5-6-7-8-9-10-11-12;;;;/h1-11H2;3*1H3;. The second kappa shape index (κ2) is 11.4. The van der Waals surface area contributed by atoms with Gasteiger partial charge in [0.15, 0.2) is 0 Å². The Morgan fingerprint density at radius 2 is 1.00 bits per heavy atom. The molecule has 0 aromatic rings. The Labute approximate surface area is 116 Å². The molecule has 2 heteroatoms. The van der Waals surface area contributed by atoms with E-state index >= 15 is 0 Å². The molecule has 0 saturated carbocycles. The first-order valence-corrected chi connectivity index (χ1v) is 18.8. The van der Waals surface area contributed by atoms with Gasteiger partial charge in [-0.15, -0.1) is 0 Å². The van der Waals surface area contributed by atoms with E-state index in [9.17, 15) is 0 Å². The van der Waals surface area contributed by atoms with E-state index in [0.717, 1.165) is 0 Å². The molecule has 0 aliphatic heterocycles. The molecule has 0 aliphatic rings.